The highest BCUT2D eigenvalue weighted by molar-refractivity contribution is 7.99. The number of hydrogen-bond acceptors (Lipinski definition) is 7. The van der Waals surface area contributed by atoms with Gasteiger partial charge in [0.1, 0.15) is 6.04 Å². The number of carboxylic acid groups (broad SMARTS) is 1. The van der Waals surface area contributed by atoms with Gasteiger partial charge in [0.2, 0.25) is 11.7 Å². The van der Waals surface area contributed by atoms with Crippen LogP contribution >= 0.6 is 23.1 Å². The molecule has 6 nitrogen and oxygen atoms in total. The average Bonchev–Trinajstić information content (AvgIpc) is 3.05. The number of thioether (sulfide) groups is 1. The number of carbonyl (C=O) groups is 1. The molecule has 20 heavy (non-hydrogen) atoms. The van der Waals surface area contributed by atoms with E-state index in [2.05, 4.69) is 10.1 Å². The van der Waals surface area contributed by atoms with Crippen molar-refractivity contribution in [1.29, 1.82) is 0 Å². The monoisotopic (exact) mass is 313 g/mol. The van der Waals surface area contributed by atoms with Gasteiger partial charge in [-0.3, -0.25) is 4.79 Å². The Labute approximate surface area is 124 Å². The molecule has 0 radical (unpaired) electrons. The summed E-state index contributed by atoms with van der Waals surface area (Å²) in [6.45, 7) is 3.57. The summed E-state index contributed by atoms with van der Waals surface area (Å²) in [7, 11) is 0. The Hall–Kier alpha value is -1.38. The van der Waals surface area contributed by atoms with Crippen LogP contribution in [0.1, 0.15) is 19.7 Å². The normalized spacial score (nSPS) is 13.3. The van der Waals surface area contributed by atoms with Gasteiger partial charge >= 0.3 is 5.97 Å². The standard InChI is InChI=1S/C12H15N3O3S2/c1-12(2,9(13)11(16)17)20-6-8-14-10(15-18-8)7-3-4-19-5-7/h3-5,9H,6,13H2,1-2H3,(H,16,17)/t9-/m0/s1. The second-order valence-corrected chi connectivity index (χ2v) is 7.14. The largest absolute Gasteiger partial charge is 0.480 e. The van der Waals surface area contributed by atoms with E-state index in [0.717, 1.165) is 5.56 Å². The predicted octanol–water partition coefficient (Wildman–Crippen LogP) is 2.22. The second kappa shape index (κ2) is 5.94. The molecule has 2 aromatic rings. The molecule has 2 heterocycles. The van der Waals surface area contributed by atoms with E-state index in [1.54, 1.807) is 25.2 Å². The summed E-state index contributed by atoms with van der Waals surface area (Å²) in [6.07, 6.45) is 0. The van der Waals surface area contributed by atoms with Crippen LogP contribution in [0.25, 0.3) is 11.4 Å². The Balaban J connectivity index is 2.00. The molecule has 0 aliphatic carbocycles. The molecule has 8 heteroatoms. The fraction of sp³-hybridized carbons (Fsp3) is 0.417. The molecule has 2 aromatic heterocycles. The fourth-order valence-corrected chi connectivity index (χ4v) is 2.98. The molecule has 1 atom stereocenters. The quantitative estimate of drug-likeness (QED) is 0.843. The molecule has 3 N–H and O–H groups in total. The van der Waals surface area contributed by atoms with E-state index in [1.165, 1.54) is 11.8 Å². The van der Waals surface area contributed by atoms with Gasteiger partial charge in [0.25, 0.3) is 0 Å². The van der Waals surface area contributed by atoms with Gasteiger partial charge in [0.15, 0.2) is 0 Å². The number of rotatable bonds is 6. The van der Waals surface area contributed by atoms with Gasteiger partial charge in [-0.05, 0) is 25.3 Å². The van der Waals surface area contributed by atoms with Crippen LogP contribution in [0, 0.1) is 0 Å². The molecule has 0 unspecified atom stereocenters. The highest BCUT2D eigenvalue weighted by Gasteiger charge is 2.33. The molecule has 0 fully saturated rings. The molecule has 0 saturated carbocycles. The van der Waals surface area contributed by atoms with E-state index in [-0.39, 0.29) is 0 Å². The van der Waals surface area contributed by atoms with Gasteiger partial charge < -0.3 is 15.4 Å². The number of carboxylic acids is 1. The van der Waals surface area contributed by atoms with Crippen LogP contribution in [0.4, 0.5) is 0 Å². The minimum Gasteiger partial charge on any atom is -0.480 e. The first-order valence-electron chi connectivity index (χ1n) is 5.87. The van der Waals surface area contributed by atoms with E-state index >= 15 is 0 Å². The number of aromatic nitrogens is 2. The zero-order valence-corrected chi connectivity index (χ0v) is 12.7. The van der Waals surface area contributed by atoms with Crippen molar-refractivity contribution in [2.45, 2.75) is 30.4 Å². The van der Waals surface area contributed by atoms with E-state index in [4.69, 9.17) is 15.4 Å². The highest BCUT2D eigenvalue weighted by atomic mass is 32.2. The third kappa shape index (κ3) is 3.38. The first-order chi connectivity index (χ1) is 9.40. The van der Waals surface area contributed by atoms with Gasteiger partial charge in [0, 0.05) is 15.7 Å². The van der Waals surface area contributed by atoms with E-state index < -0.39 is 16.8 Å². The van der Waals surface area contributed by atoms with E-state index in [1.807, 2.05) is 16.8 Å². The Bertz CT molecular complexity index is 581. The summed E-state index contributed by atoms with van der Waals surface area (Å²) in [6, 6.07) is 0.961. The van der Waals surface area contributed by atoms with Crippen molar-refractivity contribution in [3.05, 3.63) is 22.7 Å². The molecule has 108 valence electrons. The molecule has 0 spiro atoms. The van der Waals surface area contributed by atoms with Gasteiger partial charge in [0.05, 0.1) is 5.75 Å². The molecule has 0 bridgehead atoms. The number of hydrogen-bond donors (Lipinski definition) is 2. The molecule has 0 saturated heterocycles. The van der Waals surface area contributed by atoms with Crippen LogP contribution in [-0.2, 0) is 10.5 Å². The maximum Gasteiger partial charge on any atom is 0.321 e. The lowest BCUT2D eigenvalue weighted by atomic mass is 10.1. The van der Waals surface area contributed by atoms with Crippen LogP contribution in [0.15, 0.2) is 21.3 Å². The predicted molar refractivity (Wildman–Crippen MR) is 78.6 cm³/mol. The first-order valence-corrected chi connectivity index (χ1v) is 7.80. The first kappa shape index (κ1) is 15.0. The van der Waals surface area contributed by atoms with Crippen LogP contribution in [0.2, 0.25) is 0 Å². The Morgan fingerprint density at radius 3 is 3.00 bits per heavy atom. The van der Waals surface area contributed by atoms with Crippen molar-refractivity contribution < 1.29 is 14.4 Å². The van der Waals surface area contributed by atoms with Gasteiger partial charge in [-0.1, -0.05) is 5.16 Å². The lowest BCUT2D eigenvalue weighted by molar-refractivity contribution is -0.139. The Morgan fingerprint density at radius 2 is 2.40 bits per heavy atom. The van der Waals surface area contributed by atoms with Crippen LogP contribution in [0.5, 0.6) is 0 Å². The number of nitrogens with two attached hydrogens (primary N) is 1. The third-order valence-electron chi connectivity index (χ3n) is 2.83. The van der Waals surface area contributed by atoms with Crippen molar-refractivity contribution in [3.8, 4) is 11.4 Å². The van der Waals surface area contributed by atoms with Crippen molar-refractivity contribution in [2.24, 2.45) is 5.73 Å². The van der Waals surface area contributed by atoms with Crippen molar-refractivity contribution >= 4 is 29.1 Å². The number of aliphatic carboxylic acids is 1. The minimum absolute atomic E-state index is 0.422. The van der Waals surface area contributed by atoms with Gasteiger partial charge in [-0.15, -0.1) is 11.8 Å². The van der Waals surface area contributed by atoms with E-state index in [9.17, 15) is 4.79 Å². The lowest BCUT2D eigenvalue weighted by Crippen LogP contribution is -2.46. The SMILES string of the molecule is CC(C)(SCc1nc(-c2ccsc2)no1)[C@@H](N)C(=O)O. The lowest BCUT2D eigenvalue weighted by Gasteiger charge is -2.27. The van der Waals surface area contributed by atoms with Crippen LogP contribution in [-0.4, -0.2) is 32.0 Å². The van der Waals surface area contributed by atoms with Gasteiger partial charge in [-0.25, -0.2) is 0 Å². The summed E-state index contributed by atoms with van der Waals surface area (Å²) >= 11 is 2.94. The van der Waals surface area contributed by atoms with Crippen LogP contribution < -0.4 is 5.73 Å². The third-order valence-corrected chi connectivity index (χ3v) is 4.90. The van der Waals surface area contributed by atoms with Crippen molar-refractivity contribution in [3.63, 3.8) is 0 Å². The fourth-order valence-electron chi connectivity index (χ4n) is 1.46. The summed E-state index contributed by atoms with van der Waals surface area (Å²) in [5, 5.41) is 16.7. The second-order valence-electron chi connectivity index (χ2n) is 4.73. The average molecular weight is 313 g/mol. The Morgan fingerprint density at radius 1 is 1.65 bits per heavy atom. The molecule has 0 amide bonds. The molecule has 2 rings (SSSR count). The summed E-state index contributed by atoms with van der Waals surface area (Å²) in [5.74, 6) is 0.404. The summed E-state index contributed by atoms with van der Waals surface area (Å²) < 4.78 is 4.54. The minimum atomic E-state index is -1.02. The molecule has 0 aromatic carbocycles. The maximum absolute atomic E-state index is 10.9. The van der Waals surface area contributed by atoms with E-state index in [0.29, 0.717) is 17.5 Å². The number of nitrogens with zero attached hydrogens (tertiary/aromatic N) is 2. The Kier molecular flexibility index (Phi) is 4.46. The van der Waals surface area contributed by atoms with Gasteiger partial charge in [-0.2, -0.15) is 16.3 Å². The van der Waals surface area contributed by atoms with Crippen molar-refractivity contribution in [2.75, 3.05) is 0 Å². The maximum atomic E-state index is 10.9. The molecular formula is C12H15N3O3S2. The number of thiophene rings is 1. The smallest absolute Gasteiger partial charge is 0.321 e. The van der Waals surface area contributed by atoms with Crippen LogP contribution in [0.3, 0.4) is 0 Å². The summed E-state index contributed by atoms with van der Waals surface area (Å²) in [4.78, 5) is 15.2. The van der Waals surface area contributed by atoms with Crippen molar-refractivity contribution in [1.82, 2.24) is 10.1 Å². The molecule has 0 aliphatic rings. The molecule has 0 aliphatic heterocycles. The molecular weight excluding hydrogens is 298 g/mol. The zero-order valence-electron chi connectivity index (χ0n) is 11.1. The summed E-state index contributed by atoms with van der Waals surface area (Å²) in [5.41, 5.74) is 6.57. The highest BCUT2D eigenvalue weighted by Crippen LogP contribution is 2.30. The topological polar surface area (TPSA) is 102 Å². The zero-order chi connectivity index (χ0) is 14.8.